The third-order valence-electron chi connectivity index (χ3n) is 10.4. The molecule has 0 aromatic rings. The zero-order valence-corrected chi connectivity index (χ0v) is 38.9. The molecule has 10 unspecified atom stereocenters. The van der Waals surface area contributed by atoms with Crippen molar-refractivity contribution in [1.29, 1.82) is 0 Å². The molecule has 0 spiro atoms. The van der Waals surface area contributed by atoms with Gasteiger partial charge in [-0.2, -0.15) is 0 Å². The topological polar surface area (TPSA) is 394 Å². The van der Waals surface area contributed by atoms with Crippen molar-refractivity contribution in [3.8, 4) is 0 Å². The van der Waals surface area contributed by atoms with E-state index in [0.29, 0.717) is 6.42 Å². The summed E-state index contributed by atoms with van der Waals surface area (Å²) in [6, 6.07) is -11.4. The van der Waals surface area contributed by atoms with Crippen LogP contribution in [0.4, 0.5) is 0 Å². The SMILES string of the molecule is CCC(C)C(NC(=O)C(NC(C)(O)C(=O)C(CC(C)C)NC(=O)C(CC(N)=O)NC(=O)C(CCC(N)=O)NC(=O)C(CO)NC(=O)C(N)C(C)C)C(C)C)C(=O)NC(C(=O)O)C(C)C. The van der Waals surface area contributed by atoms with Crippen LogP contribution < -0.4 is 54.4 Å². The minimum atomic E-state index is -2.55. The van der Waals surface area contributed by atoms with Crippen LogP contribution in [0.25, 0.3) is 0 Å². The molecule has 366 valence electrons. The number of amides is 8. The Bertz CT molecular complexity index is 1660. The summed E-state index contributed by atoms with van der Waals surface area (Å²) in [4.78, 5) is 130. The Balaban J connectivity index is 6.59. The summed E-state index contributed by atoms with van der Waals surface area (Å²) in [5.74, 6) is -12.2. The lowest BCUT2D eigenvalue weighted by molar-refractivity contribution is -0.147. The summed E-state index contributed by atoms with van der Waals surface area (Å²) in [6.45, 7) is 16.7. The van der Waals surface area contributed by atoms with Crippen LogP contribution in [-0.4, -0.2) is 135 Å². The molecular weight excluding hydrogens is 841 g/mol. The number of carboxylic acid groups (broad SMARTS) is 1. The number of carbonyl (C=O) groups excluding carboxylic acids is 9. The lowest BCUT2D eigenvalue weighted by Crippen LogP contribution is -2.66. The number of carbonyl (C=O) groups is 10. The molecule has 8 amide bonds. The van der Waals surface area contributed by atoms with Crippen LogP contribution in [0.15, 0.2) is 0 Å². The normalized spacial score (nSPS) is 16.7. The summed E-state index contributed by atoms with van der Waals surface area (Å²) in [6.07, 6.45) is -1.44. The first-order valence-corrected chi connectivity index (χ1v) is 21.4. The molecule has 0 saturated carbocycles. The highest BCUT2D eigenvalue weighted by atomic mass is 16.4. The highest BCUT2D eigenvalue weighted by molar-refractivity contribution is 5.99. The van der Waals surface area contributed by atoms with E-state index in [1.54, 1.807) is 69.2 Å². The molecule has 0 fully saturated rings. The van der Waals surface area contributed by atoms with E-state index < -0.39 is 157 Å². The number of nitrogens with one attached hydrogen (secondary N) is 7. The Morgan fingerprint density at radius 2 is 1.03 bits per heavy atom. The summed E-state index contributed by atoms with van der Waals surface area (Å²) in [7, 11) is 0. The zero-order chi connectivity index (χ0) is 50.0. The maximum absolute atomic E-state index is 14.1. The Hall–Kier alpha value is -5.26. The average molecular weight is 915 g/mol. The Morgan fingerprint density at radius 1 is 0.578 bits per heavy atom. The van der Waals surface area contributed by atoms with Crippen molar-refractivity contribution < 1.29 is 63.3 Å². The van der Waals surface area contributed by atoms with E-state index >= 15 is 0 Å². The Kier molecular flexibility index (Phi) is 24.9. The molecule has 0 heterocycles. The maximum atomic E-state index is 14.1. The van der Waals surface area contributed by atoms with E-state index in [2.05, 4.69) is 37.2 Å². The number of ketones is 1. The van der Waals surface area contributed by atoms with Crippen molar-refractivity contribution >= 4 is 59.0 Å². The lowest BCUT2D eigenvalue weighted by atomic mass is 9.92. The molecule has 0 bridgehead atoms. The van der Waals surface area contributed by atoms with Crippen LogP contribution in [-0.2, 0) is 47.9 Å². The number of aliphatic hydroxyl groups excluding tert-OH is 1. The van der Waals surface area contributed by atoms with Gasteiger partial charge < -0.3 is 64.4 Å². The highest BCUT2D eigenvalue weighted by Crippen LogP contribution is 2.18. The summed E-state index contributed by atoms with van der Waals surface area (Å²) in [5, 5.41) is 48.1. The van der Waals surface area contributed by atoms with Gasteiger partial charge >= 0.3 is 5.97 Å². The summed E-state index contributed by atoms with van der Waals surface area (Å²) in [5.41, 5.74) is 14.0. The van der Waals surface area contributed by atoms with Gasteiger partial charge in [0.1, 0.15) is 30.2 Å². The molecule has 10 atom stereocenters. The third kappa shape index (κ3) is 19.6. The second-order valence-electron chi connectivity index (χ2n) is 17.7. The van der Waals surface area contributed by atoms with Crippen molar-refractivity contribution in [2.75, 3.05) is 6.61 Å². The molecule has 0 aliphatic heterocycles. The third-order valence-corrected chi connectivity index (χ3v) is 10.4. The molecule has 23 heteroatoms. The molecule has 16 N–H and O–H groups in total. The highest BCUT2D eigenvalue weighted by Gasteiger charge is 2.43. The molecule has 0 radical (unpaired) electrons. The van der Waals surface area contributed by atoms with Crippen molar-refractivity contribution in [3.63, 3.8) is 0 Å². The first-order valence-electron chi connectivity index (χ1n) is 21.4. The quantitative estimate of drug-likeness (QED) is 0.0315. The molecule has 64 heavy (non-hydrogen) atoms. The van der Waals surface area contributed by atoms with Gasteiger partial charge in [0.05, 0.1) is 31.2 Å². The second kappa shape index (κ2) is 27.2. The summed E-state index contributed by atoms with van der Waals surface area (Å²) >= 11 is 0. The van der Waals surface area contributed by atoms with Crippen LogP contribution in [0, 0.1) is 29.6 Å². The van der Waals surface area contributed by atoms with Gasteiger partial charge in [-0.05, 0) is 49.4 Å². The molecule has 0 aliphatic rings. The van der Waals surface area contributed by atoms with Gasteiger partial charge in [-0.1, -0.05) is 75.7 Å². The van der Waals surface area contributed by atoms with Crippen LogP contribution in [0.1, 0.15) is 108 Å². The minimum absolute atomic E-state index is 0.110. The number of primary amides is 2. The fourth-order valence-electron chi connectivity index (χ4n) is 6.20. The number of aliphatic carboxylic acids is 1. The number of nitrogens with two attached hydrogens (primary N) is 3. The molecule has 0 saturated heterocycles. The van der Waals surface area contributed by atoms with Crippen molar-refractivity contribution in [3.05, 3.63) is 0 Å². The van der Waals surface area contributed by atoms with Crippen LogP contribution in [0.3, 0.4) is 0 Å². The Labute approximate surface area is 374 Å². The van der Waals surface area contributed by atoms with E-state index in [1.807, 2.05) is 0 Å². The van der Waals surface area contributed by atoms with E-state index in [0.717, 1.165) is 6.92 Å². The van der Waals surface area contributed by atoms with Gasteiger partial charge in [-0.25, -0.2) is 4.79 Å². The van der Waals surface area contributed by atoms with Gasteiger partial charge in [0.15, 0.2) is 5.72 Å². The first kappa shape index (κ1) is 58.7. The standard InChI is InChI=1S/C41H74N10O13/c1-12-22(10)32(39(61)49-31(21(8)9)40(62)63)50-38(60)30(20(6)7)51-41(11,64)33(55)24(15-18(2)3)46-35(57)25(16-28(43)54)47-34(56)23(13-14-27(42)53)45-36(58)26(17-52)48-37(59)29(44)19(4)5/h18-26,29-32,51-52,64H,12-17,44H2,1-11H3,(H2,42,53)(H2,43,54)(H,45,58)(H,46,57)(H,47,56)(H,48,59)(H,49,61)(H,50,60)(H,62,63). The van der Waals surface area contributed by atoms with Gasteiger partial charge in [0, 0.05) is 6.42 Å². The fourth-order valence-corrected chi connectivity index (χ4v) is 6.20. The summed E-state index contributed by atoms with van der Waals surface area (Å²) < 4.78 is 0. The van der Waals surface area contributed by atoms with E-state index in [-0.39, 0.29) is 18.3 Å². The van der Waals surface area contributed by atoms with Crippen molar-refractivity contribution in [1.82, 2.24) is 37.2 Å². The van der Waals surface area contributed by atoms with Gasteiger partial charge in [0.2, 0.25) is 53.0 Å². The first-order chi connectivity index (χ1) is 29.4. The predicted molar refractivity (Wildman–Crippen MR) is 232 cm³/mol. The molecule has 0 aromatic heterocycles. The number of rotatable bonds is 30. The van der Waals surface area contributed by atoms with Crippen molar-refractivity contribution in [2.24, 2.45) is 46.8 Å². The minimum Gasteiger partial charge on any atom is -0.480 e. The number of aliphatic hydroxyl groups is 2. The molecule has 0 aliphatic carbocycles. The average Bonchev–Trinajstić information content (AvgIpc) is 3.18. The van der Waals surface area contributed by atoms with Crippen LogP contribution in [0.5, 0.6) is 0 Å². The number of hydrogen-bond donors (Lipinski definition) is 13. The van der Waals surface area contributed by atoms with Crippen molar-refractivity contribution in [2.45, 2.75) is 162 Å². The number of carboxylic acids is 1. The zero-order valence-electron chi connectivity index (χ0n) is 38.9. The van der Waals surface area contributed by atoms with Gasteiger partial charge in [-0.15, -0.1) is 0 Å². The monoisotopic (exact) mass is 915 g/mol. The largest absolute Gasteiger partial charge is 0.480 e. The van der Waals surface area contributed by atoms with Crippen LogP contribution >= 0.6 is 0 Å². The van der Waals surface area contributed by atoms with E-state index in [1.165, 1.54) is 0 Å². The predicted octanol–water partition coefficient (Wildman–Crippen LogP) is -3.26. The lowest BCUT2D eigenvalue weighted by Gasteiger charge is -2.35. The van der Waals surface area contributed by atoms with E-state index in [9.17, 15) is 63.3 Å². The molecular formula is C41H74N10O13. The fraction of sp³-hybridized carbons (Fsp3) is 0.756. The molecule has 0 aromatic carbocycles. The smallest absolute Gasteiger partial charge is 0.326 e. The second-order valence-corrected chi connectivity index (χ2v) is 17.7. The van der Waals surface area contributed by atoms with Gasteiger partial charge in [-0.3, -0.25) is 48.5 Å². The molecule has 23 nitrogen and oxygen atoms in total. The van der Waals surface area contributed by atoms with Crippen LogP contribution in [0.2, 0.25) is 0 Å². The van der Waals surface area contributed by atoms with E-state index in [4.69, 9.17) is 17.2 Å². The Morgan fingerprint density at radius 3 is 1.47 bits per heavy atom. The number of Topliss-reactive ketones (excluding diaryl/α,β-unsaturated/α-hetero) is 1. The molecule has 0 rings (SSSR count). The van der Waals surface area contributed by atoms with Gasteiger partial charge in [0.25, 0.3) is 0 Å². The maximum Gasteiger partial charge on any atom is 0.326 e. The number of hydrogen-bond acceptors (Lipinski definition) is 14.